The predicted octanol–water partition coefficient (Wildman–Crippen LogP) is 2.35. The van der Waals surface area contributed by atoms with Crippen molar-refractivity contribution >= 4 is 29.3 Å². The second-order valence-corrected chi connectivity index (χ2v) is 5.17. The summed E-state index contributed by atoms with van der Waals surface area (Å²) in [6.45, 7) is -0.139. The lowest BCUT2D eigenvalue weighted by Crippen LogP contribution is -2.35. The molecule has 1 aromatic carbocycles. The molecule has 122 valence electrons. The number of benzene rings is 1. The molecule has 0 spiro atoms. The average Bonchev–Trinajstić information content (AvgIpc) is 2.39. The molecule has 0 unspecified atom stereocenters. The van der Waals surface area contributed by atoms with E-state index >= 15 is 0 Å². The summed E-state index contributed by atoms with van der Waals surface area (Å²) in [4.78, 5) is 24.5. The van der Waals surface area contributed by atoms with Crippen LogP contribution in [-0.4, -0.2) is 48.7 Å². The molecule has 0 saturated heterocycles. The van der Waals surface area contributed by atoms with Crippen LogP contribution in [0.5, 0.6) is 5.75 Å². The number of halogens is 3. The Morgan fingerprint density at radius 2 is 1.86 bits per heavy atom. The molecule has 0 aliphatic rings. The van der Waals surface area contributed by atoms with Crippen LogP contribution in [0.15, 0.2) is 24.3 Å². The van der Waals surface area contributed by atoms with Crippen molar-refractivity contribution < 1.29 is 27.5 Å². The number of ether oxygens (including phenoxy) is 1. The Morgan fingerprint density at radius 1 is 1.27 bits per heavy atom. The molecule has 1 aromatic rings. The van der Waals surface area contributed by atoms with Crippen LogP contribution in [0.25, 0.3) is 0 Å². The Kier molecular flexibility index (Phi) is 6.54. The molecule has 2 amide bonds. The number of hydrogen-bond donors (Lipinski definition) is 1. The lowest BCUT2D eigenvalue weighted by Gasteiger charge is -2.16. The van der Waals surface area contributed by atoms with Gasteiger partial charge in [0.1, 0.15) is 5.75 Å². The molecule has 0 aromatic heterocycles. The van der Waals surface area contributed by atoms with E-state index in [1.54, 1.807) is 6.26 Å². The summed E-state index contributed by atoms with van der Waals surface area (Å²) in [7, 11) is 1.50. The summed E-state index contributed by atoms with van der Waals surface area (Å²) in [5, 5.41) is 2.48. The van der Waals surface area contributed by atoms with Crippen LogP contribution in [0.4, 0.5) is 18.9 Å². The number of carbonyl (C=O) groups excluding carboxylic acids is 2. The summed E-state index contributed by atoms with van der Waals surface area (Å²) < 4.78 is 39.7. The monoisotopic (exact) mass is 336 g/mol. The largest absolute Gasteiger partial charge is 0.573 e. The molecule has 0 fully saturated rings. The van der Waals surface area contributed by atoms with Gasteiger partial charge in [-0.25, -0.2) is 0 Å². The van der Waals surface area contributed by atoms with E-state index in [2.05, 4.69) is 10.1 Å². The minimum Gasteiger partial charge on any atom is -0.406 e. The molecule has 0 heterocycles. The quantitative estimate of drug-likeness (QED) is 0.866. The zero-order valence-electron chi connectivity index (χ0n) is 11.9. The predicted molar refractivity (Wildman–Crippen MR) is 77.8 cm³/mol. The Morgan fingerprint density at radius 3 is 2.36 bits per heavy atom. The highest BCUT2D eigenvalue weighted by atomic mass is 32.2. The summed E-state index contributed by atoms with van der Waals surface area (Å²) >= 11 is 1.35. The van der Waals surface area contributed by atoms with Crippen molar-refractivity contribution in [3.05, 3.63) is 24.3 Å². The Hall–Kier alpha value is -1.90. The lowest BCUT2D eigenvalue weighted by molar-refractivity contribution is -0.274. The Balaban J connectivity index is 2.53. The van der Waals surface area contributed by atoms with Crippen molar-refractivity contribution in [3.63, 3.8) is 0 Å². The fourth-order valence-electron chi connectivity index (χ4n) is 1.48. The van der Waals surface area contributed by atoms with Crippen molar-refractivity contribution in [2.45, 2.75) is 6.36 Å². The minimum absolute atomic E-state index is 0.139. The van der Waals surface area contributed by atoms with Gasteiger partial charge in [0, 0.05) is 12.7 Å². The first kappa shape index (κ1) is 18.1. The third-order valence-corrected chi connectivity index (χ3v) is 2.98. The Labute approximate surface area is 129 Å². The average molecular weight is 336 g/mol. The van der Waals surface area contributed by atoms with Gasteiger partial charge in [-0.2, -0.15) is 11.8 Å². The number of anilines is 1. The summed E-state index contributed by atoms with van der Waals surface area (Å²) in [6, 6.07) is 4.74. The van der Waals surface area contributed by atoms with Crippen LogP contribution >= 0.6 is 11.8 Å². The molecule has 0 radical (unpaired) electrons. The van der Waals surface area contributed by atoms with E-state index in [4.69, 9.17) is 0 Å². The van der Waals surface area contributed by atoms with Gasteiger partial charge < -0.3 is 15.0 Å². The van der Waals surface area contributed by atoms with Crippen LogP contribution in [0.3, 0.4) is 0 Å². The van der Waals surface area contributed by atoms with Gasteiger partial charge in [0.05, 0.1) is 12.3 Å². The summed E-state index contributed by atoms with van der Waals surface area (Å²) in [5.74, 6) is -0.733. The minimum atomic E-state index is -4.76. The summed E-state index contributed by atoms with van der Waals surface area (Å²) in [6.07, 6.45) is -2.98. The summed E-state index contributed by atoms with van der Waals surface area (Å²) in [5.41, 5.74) is 0.310. The molecule has 22 heavy (non-hydrogen) atoms. The van der Waals surface area contributed by atoms with Gasteiger partial charge in [-0.05, 0) is 30.5 Å². The molecular weight excluding hydrogens is 321 g/mol. The smallest absolute Gasteiger partial charge is 0.406 e. The highest BCUT2D eigenvalue weighted by molar-refractivity contribution is 7.99. The van der Waals surface area contributed by atoms with Crippen LogP contribution in [-0.2, 0) is 9.59 Å². The lowest BCUT2D eigenvalue weighted by atomic mass is 10.3. The second kappa shape index (κ2) is 7.92. The van der Waals surface area contributed by atoms with Gasteiger partial charge in [-0.15, -0.1) is 13.2 Å². The maximum Gasteiger partial charge on any atom is 0.573 e. The van der Waals surface area contributed by atoms with Crippen molar-refractivity contribution in [1.82, 2.24) is 4.90 Å². The standard InChI is InChI=1S/C13H15F3N2O3S/c1-18(12(20)8-22-2)7-11(19)17-9-3-5-10(6-4-9)21-13(14,15)16/h3-6H,7-8H2,1-2H3,(H,17,19). The maximum atomic E-state index is 12.0. The van der Waals surface area contributed by atoms with Crippen LogP contribution in [0.2, 0.25) is 0 Å². The van der Waals surface area contributed by atoms with E-state index in [0.29, 0.717) is 5.69 Å². The van der Waals surface area contributed by atoms with Crippen molar-refractivity contribution in [2.24, 2.45) is 0 Å². The molecule has 0 saturated carbocycles. The number of alkyl halides is 3. The molecule has 0 bridgehead atoms. The van der Waals surface area contributed by atoms with Crippen LogP contribution in [0.1, 0.15) is 0 Å². The third-order valence-electron chi connectivity index (χ3n) is 2.45. The highest BCUT2D eigenvalue weighted by Crippen LogP contribution is 2.23. The van der Waals surface area contributed by atoms with Gasteiger partial charge in [0.25, 0.3) is 0 Å². The SMILES string of the molecule is CSCC(=O)N(C)CC(=O)Nc1ccc(OC(F)(F)F)cc1. The zero-order valence-corrected chi connectivity index (χ0v) is 12.8. The third kappa shape index (κ3) is 6.70. The Bertz CT molecular complexity index is 520. The van der Waals surface area contributed by atoms with Gasteiger partial charge in [0.2, 0.25) is 11.8 Å². The van der Waals surface area contributed by atoms with E-state index in [9.17, 15) is 22.8 Å². The zero-order chi connectivity index (χ0) is 16.8. The number of nitrogens with zero attached hydrogens (tertiary/aromatic N) is 1. The molecule has 0 atom stereocenters. The molecular formula is C13H15F3N2O3S. The van der Waals surface area contributed by atoms with E-state index < -0.39 is 12.3 Å². The fourth-order valence-corrected chi connectivity index (χ4v) is 1.95. The second-order valence-electron chi connectivity index (χ2n) is 4.30. The molecule has 0 aliphatic carbocycles. The molecule has 0 aliphatic heterocycles. The van der Waals surface area contributed by atoms with Crippen molar-refractivity contribution in [2.75, 3.05) is 30.9 Å². The van der Waals surface area contributed by atoms with E-state index in [0.717, 1.165) is 12.1 Å². The van der Waals surface area contributed by atoms with Crippen LogP contribution < -0.4 is 10.1 Å². The number of thioether (sulfide) groups is 1. The molecule has 1 rings (SSSR count). The first-order valence-corrected chi connectivity index (χ1v) is 7.49. The first-order valence-electron chi connectivity index (χ1n) is 6.10. The van der Waals surface area contributed by atoms with Gasteiger partial charge in [-0.3, -0.25) is 9.59 Å². The van der Waals surface area contributed by atoms with E-state index in [-0.39, 0.29) is 24.0 Å². The number of amides is 2. The maximum absolute atomic E-state index is 12.0. The van der Waals surface area contributed by atoms with E-state index in [1.807, 2.05) is 0 Å². The normalized spacial score (nSPS) is 11.0. The number of carbonyl (C=O) groups is 2. The highest BCUT2D eigenvalue weighted by Gasteiger charge is 2.30. The number of nitrogens with one attached hydrogen (secondary N) is 1. The molecule has 5 nitrogen and oxygen atoms in total. The first-order chi connectivity index (χ1) is 10.2. The van der Waals surface area contributed by atoms with Gasteiger partial charge in [0.15, 0.2) is 0 Å². The van der Waals surface area contributed by atoms with Gasteiger partial charge >= 0.3 is 6.36 Å². The molecule has 1 N–H and O–H groups in total. The number of rotatable bonds is 6. The fraction of sp³-hybridized carbons (Fsp3) is 0.385. The van der Waals surface area contributed by atoms with Crippen molar-refractivity contribution in [3.8, 4) is 5.75 Å². The topological polar surface area (TPSA) is 58.6 Å². The van der Waals surface area contributed by atoms with Crippen molar-refractivity contribution in [1.29, 1.82) is 0 Å². The van der Waals surface area contributed by atoms with Crippen LogP contribution in [0, 0.1) is 0 Å². The molecule has 9 heteroatoms. The van der Waals surface area contributed by atoms with Gasteiger partial charge in [-0.1, -0.05) is 0 Å². The van der Waals surface area contributed by atoms with E-state index in [1.165, 1.54) is 35.8 Å². The number of likely N-dealkylation sites (N-methyl/N-ethyl adjacent to an activating group) is 1. The number of hydrogen-bond acceptors (Lipinski definition) is 4.